The molecule has 0 heterocycles. The van der Waals surface area contributed by atoms with Crippen molar-refractivity contribution in [3.63, 3.8) is 0 Å². The van der Waals surface area contributed by atoms with E-state index in [0.29, 0.717) is 5.02 Å². The highest BCUT2D eigenvalue weighted by Crippen LogP contribution is 2.29. The third-order valence-electron chi connectivity index (χ3n) is 2.99. The predicted molar refractivity (Wildman–Crippen MR) is 94.8 cm³/mol. The van der Waals surface area contributed by atoms with E-state index < -0.39 is 22.5 Å². The van der Waals surface area contributed by atoms with E-state index in [9.17, 15) is 13.2 Å². The lowest BCUT2D eigenvalue weighted by Crippen LogP contribution is -2.43. The fourth-order valence-electron chi connectivity index (χ4n) is 1.91. The minimum Gasteiger partial charge on any atom is -0.293 e. The van der Waals surface area contributed by atoms with Crippen molar-refractivity contribution in [2.24, 2.45) is 5.84 Å². The summed E-state index contributed by atoms with van der Waals surface area (Å²) in [4.78, 5) is 11.6. The summed E-state index contributed by atoms with van der Waals surface area (Å²) in [5.74, 6) is 4.36. The molecule has 24 heavy (non-hydrogen) atoms. The van der Waals surface area contributed by atoms with E-state index in [2.05, 4.69) is 0 Å². The minimum atomic E-state index is -4.07. The first-order valence-electron chi connectivity index (χ1n) is 6.48. The molecule has 0 aliphatic carbocycles. The summed E-state index contributed by atoms with van der Waals surface area (Å²) in [6.07, 6.45) is 0. The Kier molecular flexibility index (Phi) is 5.95. The van der Waals surface area contributed by atoms with Gasteiger partial charge in [0.05, 0.1) is 10.6 Å². The van der Waals surface area contributed by atoms with Crippen LogP contribution in [0.2, 0.25) is 15.1 Å². The molecule has 0 bridgehead atoms. The standard InChI is InChI=1S/C14H12Cl3N3O3S/c15-9-1-3-13(4-2-9)24(22,23)20(8-14(21)19-18)12-6-10(16)5-11(17)7-12/h1-7H,8,18H2,(H,19,21). The van der Waals surface area contributed by atoms with Gasteiger partial charge >= 0.3 is 0 Å². The molecule has 0 radical (unpaired) electrons. The first-order chi connectivity index (χ1) is 11.2. The highest BCUT2D eigenvalue weighted by molar-refractivity contribution is 7.92. The van der Waals surface area contributed by atoms with Crippen LogP contribution in [0.3, 0.4) is 0 Å². The van der Waals surface area contributed by atoms with E-state index in [4.69, 9.17) is 40.6 Å². The minimum absolute atomic E-state index is 0.0483. The van der Waals surface area contributed by atoms with Gasteiger partial charge in [-0.15, -0.1) is 0 Å². The molecule has 2 aromatic rings. The summed E-state index contributed by atoms with van der Waals surface area (Å²) in [7, 11) is -4.07. The Bertz CT molecular complexity index is 837. The van der Waals surface area contributed by atoms with Crippen molar-refractivity contribution < 1.29 is 13.2 Å². The van der Waals surface area contributed by atoms with E-state index in [1.54, 1.807) is 0 Å². The van der Waals surface area contributed by atoms with Crippen LogP contribution in [0.5, 0.6) is 0 Å². The maximum Gasteiger partial charge on any atom is 0.264 e. The number of benzene rings is 2. The first kappa shape index (κ1) is 18.8. The highest BCUT2D eigenvalue weighted by atomic mass is 35.5. The van der Waals surface area contributed by atoms with Crippen LogP contribution in [0.4, 0.5) is 5.69 Å². The highest BCUT2D eigenvalue weighted by Gasteiger charge is 2.27. The van der Waals surface area contributed by atoms with Gasteiger partial charge in [0, 0.05) is 15.1 Å². The summed E-state index contributed by atoms with van der Waals surface area (Å²) >= 11 is 17.6. The lowest BCUT2D eigenvalue weighted by molar-refractivity contribution is -0.119. The van der Waals surface area contributed by atoms with E-state index >= 15 is 0 Å². The quantitative estimate of drug-likeness (QED) is 0.452. The number of nitrogens with one attached hydrogen (secondary N) is 1. The van der Waals surface area contributed by atoms with Crippen molar-refractivity contribution >= 4 is 56.4 Å². The zero-order valence-corrected chi connectivity index (χ0v) is 15.1. The van der Waals surface area contributed by atoms with Crippen LogP contribution in [-0.2, 0) is 14.8 Å². The summed E-state index contributed by atoms with van der Waals surface area (Å²) in [5, 5.41) is 0.829. The zero-order chi connectivity index (χ0) is 17.9. The van der Waals surface area contributed by atoms with E-state index in [-0.39, 0.29) is 20.6 Å². The fraction of sp³-hybridized carbons (Fsp3) is 0.0714. The Labute approximate surface area is 154 Å². The third-order valence-corrected chi connectivity index (χ3v) is 5.46. The fourth-order valence-corrected chi connectivity index (χ4v) is 3.95. The van der Waals surface area contributed by atoms with E-state index in [1.165, 1.54) is 42.5 Å². The molecule has 0 fully saturated rings. The Morgan fingerprint density at radius 2 is 1.54 bits per heavy atom. The Hall–Kier alpha value is -1.51. The predicted octanol–water partition coefficient (Wildman–Crippen LogP) is 2.83. The second-order valence-electron chi connectivity index (χ2n) is 4.66. The Morgan fingerprint density at radius 1 is 1.00 bits per heavy atom. The number of hydrazine groups is 1. The van der Waals surface area contributed by atoms with Gasteiger partial charge in [0.2, 0.25) is 0 Å². The molecule has 0 aliphatic heterocycles. The second kappa shape index (κ2) is 7.58. The molecule has 128 valence electrons. The largest absolute Gasteiger partial charge is 0.293 e. The van der Waals surface area contributed by atoms with E-state index in [1.807, 2.05) is 5.43 Å². The third kappa shape index (κ3) is 4.31. The van der Waals surface area contributed by atoms with Gasteiger partial charge in [-0.05, 0) is 42.5 Å². The molecule has 0 unspecified atom stereocenters. The molecule has 6 nitrogen and oxygen atoms in total. The van der Waals surface area contributed by atoms with Crippen molar-refractivity contribution in [2.45, 2.75) is 4.90 Å². The van der Waals surface area contributed by atoms with Crippen LogP contribution in [0.1, 0.15) is 0 Å². The molecule has 2 rings (SSSR count). The van der Waals surface area contributed by atoms with Crippen molar-refractivity contribution in [1.82, 2.24) is 5.43 Å². The normalized spacial score (nSPS) is 11.2. The molecule has 0 atom stereocenters. The van der Waals surface area contributed by atoms with Gasteiger partial charge in [0.15, 0.2) is 0 Å². The van der Waals surface area contributed by atoms with Gasteiger partial charge in [-0.2, -0.15) is 0 Å². The zero-order valence-electron chi connectivity index (χ0n) is 12.0. The molecule has 0 aliphatic rings. The number of anilines is 1. The molecule has 1 amide bonds. The van der Waals surface area contributed by atoms with Crippen molar-refractivity contribution in [1.29, 1.82) is 0 Å². The Morgan fingerprint density at radius 3 is 2.04 bits per heavy atom. The van der Waals surface area contributed by atoms with E-state index in [0.717, 1.165) is 4.31 Å². The van der Waals surface area contributed by atoms with Crippen LogP contribution in [0, 0.1) is 0 Å². The SMILES string of the molecule is NNC(=O)CN(c1cc(Cl)cc(Cl)c1)S(=O)(=O)c1ccc(Cl)cc1. The summed E-state index contributed by atoms with van der Waals surface area (Å²) in [6, 6.07) is 9.73. The van der Waals surface area contributed by atoms with Crippen molar-refractivity contribution in [3.05, 3.63) is 57.5 Å². The Balaban J connectivity index is 2.56. The number of rotatable bonds is 5. The molecule has 3 N–H and O–H groups in total. The number of hydrogen-bond acceptors (Lipinski definition) is 4. The summed E-state index contributed by atoms with van der Waals surface area (Å²) < 4.78 is 26.6. The van der Waals surface area contributed by atoms with Crippen LogP contribution < -0.4 is 15.6 Å². The second-order valence-corrected chi connectivity index (χ2v) is 7.83. The molecule has 10 heteroatoms. The number of hydrogen-bond donors (Lipinski definition) is 2. The number of sulfonamides is 1. The number of halogens is 3. The lowest BCUT2D eigenvalue weighted by atomic mass is 10.3. The monoisotopic (exact) mass is 407 g/mol. The number of carbonyl (C=O) groups excluding carboxylic acids is 1. The molecular formula is C14H12Cl3N3O3S. The molecule has 0 saturated heterocycles. The van der Waals surface area contributed by atoms with Crippen LogP contribution in [-0.4, -0.2) is 20.9 Å². The van der Waals surface area contributed by atoms with Gasteiger partial charge in [-0.25, -0.2) is 14.3 Å². The molecule has 0 spiro atoms. The van der Waals surface area contributed by atoms with Crippen molar-refractivity contribution in [3.8, 4) is 0 Å². The summed E-state index contributed by atoms with van der Waals surface area (Å²) in [6.45, 7) is -0.544. The van der Waals surface area contributed by atoms with Gasteiger partial charge in [-0.1, -0.05) is 34.8 Å². The van der Waals surface area contributed by atoms with Crippen LogP contribution in [0.15, 0.2) is 47.4 Å². The maximum atomic E-state index is 12.9. The average molecular weight is 409 g/mol. The number of nitrogens with zero attached hydrogens (tertiary/aromatic N) is 1. The molecule has 0 aromatic heterocycles. The average Bonchev–Trinajstić information content (AvgIpc) is 2.51. The summed E-state index contributed by atoms with van der Waals surface area (Å²) in [5.41, 5.74) is 2.03. The smallest absolute Gasteiger partial charge is 0.264 e. The molecule has 2 aromatic carbocycles. The molecular weight excluding hydrogens is 397 g/mol. The molecule has 0 saturated carbocycles. The number of nitrogens with two attached hydrogens (primary N) is 1. The lowest BCUT2D eigenvalue weighted by Gasteiger charge is -2.24. The van der Waals surface area contributed by atoms with Gasteiger partial charge in [0.1, 0.15) is 6.54 Å². The topological polar surface area (TPSA) is 92.5 Å². The van der Waals surface area contributed by atoms with Crippen LogP contribution >= 0.6 is 34.8 Å². The maximum absolute atomic E-state index is 12.9. The first-order valence-corrected chi connectivity index (χ1v) is 9.05. The van der Waals surface area contributed by atoms with Crippen molar-refractivity contribution in [2.75, 3.05) is 10.8 Å². The number of carbonyl (C=O) groups is 1. The van der Waals surface area contributed by atoms with Gasteiger partial charge in [-0.3, -0.25) is 14.5 Å². The van der Waals surface area contributed by atoms with Crippen LogP contribution in [0.25, 0.3) is 0 Å². The number of amides is 1. The van der Waals surface area contributed by atoms with Gasteiger partial charge < -0.3 is 0 Å². The van der Waals surface area contributed by atoms with Gasteiger partial charge in [0.25, 0.3) is 15.9 Å².